The Morgan fingerprint density at radius 1 is 1.22 bits per heavy atom. The summed E-state index contributed by atoms with van der Waals surface area (Å²) in [6, 6.07) is 9.43. The molecule has 1 aromatic rings. The molecular formula is C17H22O. The minimum Gasteiger partial charge on any atom is -0.289 e. The lowest BCUT2D eigenvalue weighted by Gasteiger charge is -2.07. The summed E-state index contributed by atoms with van der Waals surface area (Å²) in [5.74, 6) is 0.715. The molecule has 0 radical (unpaired) electrons. The molecule has 18 heavy (non-hydrogen) atoms. The van der Waals surface area contributed by atoms with Gasteiger partial charge in [0, 0.05) is 11.1 Å². The minimum absolute atomic E-state index is 0.0983. The van der Waals surface area contributed by atoms with Crippen molar-refractivity contribution in [2.24, 2.45) is 5.92 Å². The average molecular weight is 242 g/mol. The molecule has 0 fully saturated rings. The number of hydrogen-bond acceptors (Lipinski definition) is 1. The molecule has 0 aliphatic rings. The molecule has 0 saturated heterocycles. The molecule has 0 unspecified atom stereocenters. The lowest BCUT2D eigenvalue weighted by Crippen LogP contribution is -2.02. The molecule has 1 heteroatoms. The molecule has 1 aromatic carbocycles. The van der Waals surface area contributed by atoms with Crippen molar-refractivity contribution in [2.75, 3.05) is 0 Å². The maximum atomic E-state index is 12.3. The largest absolute Gasteiger partial charge is 0.289 e. The third-order valence-electron chi connectivity index (χ3n) is 2.74. The highest BCUT2D eigenvalue weighted by Gasteiger charge is 2.09. The second kappa shape index (κ2) is 6.95. The highest BCUT2D eigenvalue weighted by atomic mass is 16.1. The monoisotopic (exact) mass is 242 g/mol. The molecule has 1 nitrogen and oxygen atoms in total. The predicted octanol–water partition coefficient (Wildman–Crippen LogP) is 4.81. The van der Waals surface area contributed by atoms with Crippen molar-refractivity contribution in [1.82, 2.24) is 0 Å². The first-order chi connectivity index (χ1) is 8.54. The maximum absolute atomic E-state index is 12.3. The maximum Gasteiger partial charge on any atom is 0.192 e. The molecule has 0 atom stereocenters. The van der Waals surface area contributed by atoms with E-state index >= 15 is 0 Å². The molecule has 0 amide bonds. The quantitative estimate of drug-likeness (QED) is 0.411. The molecule has 0 aromatic heterocycles. The van der Waals surface area contributed by atoms with Crippen molar-refractivity contribution in [1.29, 1.82) is 0 Å². The summed E-state index contributed by atoms with van der Waals surface area (Å²) in [5.41, 5.74) is 2.78. The summed E-state index contributed by atoms with van der Waals surface area (Å²) in [4.78, 5) is 12.3. The normalized spacial score (nSPS) is 12.9. The van der Waals surface area contributed by atoms with Gasteiger partial charge in [-0.15, -0.1) is 0 Å². The topological polar surface area (TPSA) is 17.1 Å². The van der Waals surface area contributed by atoms with Gasteiger partial charge in [-0.25, -0.2) is 0 Å². The molecule has 1 rings (SSSR count). The summed E-state index contributed by atoms with van der Waals surface area (Å²) in [7, 11) is 0. The van der Waals surface area contributed by atoms with E-state index in [2.05, 4.69) is 20.8 Å². The van der Waals surface area contributed by atoms with Gasteiger partial charge in [0.2, 0.25) is 0 Å². The standard InChI is InChI=1S/C17H22O/c1-5-15(12-14(4)11-13(2)3)17(18)16-9-7-6-8-10-16/h5-10,12-13H,11H2,1-4H3/b14-12+,15-5+. The zero-order chi connectivity index (χ0) is 13.5. The highest BCUT2D eigenvalue weighted by molar-refractivity contribution is 6.10. The first-order valence-corrected chi connectivity index (χ1v) is 6.47. The van der Waals surface area contributed by atoms with E-state index < -0.39 is 0 Å². The number of hydrogen-bond donors (Lipinski definition) is 0. The number of allylic oxidation sites excluding steroid dienone is 4. The van der Waals surface area contributed by atoms with Gasteiger partial charge in [-0.2, -0.15) is 0 Å². The van der Waals surface area contributed by atoms with Crippen LogP contribution in [-0.4, -0.2) is 5.78 Å². The second-order valence-corrected chi connectivity index (χ2v) is 5.03. The molecule has 96 valence electrons. The van der Waals surface area contributed by atoms with E-state index in [9.17, 15) is 4.79 Å². The van der Waals surface area contributed by atoms with Crippen LogP contribution in [0.5, 0.6) is 0 Å². The lowest BCUT2D eigenvalue weighted by atomic mass is 9.98. The van der Waals surface area contributed by atoms with E-state index in [-0.39, 0.29) is 5.78 Å². The molecule has 0 N–H and O–H groups in total. The molecule has 0 aliphatic carbocycles. The number of benzene rings is 1. The Kier molecular flexibility index (Phi) is 5.57. The minimum atomic E-state index is 0.0983. The number of carbonyl (C=O) groups is 1. The van der Waals surface area contributed by atoms with Gasteiger partial charge in [0.15, 0.2) is 5.78 Å². The Morgan fingerprint density at radius 2 is 1.83 bits per heavy atom. The first-order valence-electron chi connectivity index (χ1n) is 6.47. The molecule has 0 saturated carbocycles. The van der Waals surface area contributed by atoms with Crippen LogP contribution >= 0.6 is 0 Å². The summed E-state index contributed by atoms with van der Waals surface area (Å²) in [6.45, 7) is 8.37. The van der Waals surface area contributed by atoms with E-state index in [1.54, 1.807) is 0 Å². The van der Waals surface area contributed by atoms with Crippen molar-refractivity contribution in [3.8, 4) is 0 Å². The Balaban J connectivity index is 2.89. The SMILES string of the molecule is C/C=C(\C=C(/C)CC(C)C)C(=O)c1ccccc1. The van der Waals surface area contributed by atoms with Gasteiger partial charge in [0.25, 0.3) is 0 Å². The van der Waals surface area contributed by atoms with Gasteiger partial charge in [0.1, 0.15) is 0 Å². The second-order valence-electron chi connectivity index (χ2n) is 5.03. The van der Waals surface area contributed by atoms with Crippen LogP contribution in [0.1, 0.15) is 44.5 Å². The first kappa shape index (κ1) is 14.4. The molecular weight excluding hydrogens is 220 g/mol. The van der Waals surface area contributed by atoms with Crippen molar-refractivity contribution in [2.45, 2.75) is 34.1 Å². The van der Waals surface area contributed by atoms with Crippen molar-refractivity contribution < 1.29 is 4.79 Å². The Bertz CT molecular complexity index is 450. The van der Waals surface area contributed by atoms with Gasteiger partial charge in [0.05, 0.1) is 0 Å². The molecule has 0 spiro atoms. The van der Waals surface area contributed by atoms with Crippen LogP contribution in [-0.2, 0) is 0 Å². The molecule has 0 bridgehead atoms. The van der Waals surface area contributed by atoms with Crippen LogP contribution in [0.2, 0.25) is 0 Å². The number of ketones is 1. The van der Waals surface area contributed by atoms with E-state index in [0.29, 0.717) is 5.92 Å². The average Bonchev–Trinajstić information content (AvgIpc) is 2.35. The van der Waals surface area contributed by atoms with Gasteiger partial charge in [-0.1, -0.05) is 61.9 Å². The summed E-state index contributed by atoms with van der Waals surface area (Å²) >= 11 is 0. The Labute approximate surface area is 110 Å². The van der Waals surface area contributed by atoms with E-state index in [0.717, 1.165) is 17.6 Å². The molecule has 0 heterocycles. The fraction of sp³-hybridized carbons (Fsp3) is 0.353. The van der Waals surface area contributed by atoms with E-state index in [1.165, 1.54) is 5.57 Å². The number of carbonyl (C=O) groups excluding carboxylic acids is 1. The fourth-order valence-corrected chi connectivity index (χ4v) is 2.00. The van der Waals surface area contributed by atoms with Crippen LogP contribution in [0, 0.1) is 5.92 Å². The van der Waals surface area contributed by atoms with Gasteiger partial charge < -0.3 is 0 Å². The van der Waals surface area contributed by atoms with Crippen LogP contribution in [0.3, 0.4) is 0 Å². The van der Waals surface area contributed by atoms with Crippen molar-refractivity contribution in [3.05, 3.63) is 59.2 Å². The summed E-state index contributed by atoms with van der Waals surface area (Å²) in [5, 5.41) is 0. The Hall–Kier alpha value is -1.63. The third-order valence-corrected chi connectivity index (χ3v) is 2.74. The lowest BCUT2D eigenvalue weighted by molar-refractivity contribution is 0.103. The number of Topliss-reactive ketones (excluding diaryl/α,β-unsaturated/α-hetero) is 1. The van der Waals surface area contributed by atoms with Crippen LogP contribution in [0.15, 0.2) is 53.6 Å². The molecule has 0 aliphatic heterocycles. The third kappa shape index (κ3) is 4.33. The highest BCUT2D eigenvalue weighted by Crippen LogP contribution is 2.15. The van der Waals surface area contributed by atoms with Crippen LogP contribution < -0.4 is 0 Å². The Morgan fingerprint density at radius 3 is 2.33 bits per heavy atom. The van der Waals surface area contributed by atoms with Crippen LogP contribution in [0.25, 0.3) is 0 Å². The van der Waals surface area contributed by atoms with Crippen molar-refractivity contribution >= 4 is 5.78 Å². The van der Waals surface area contributed by atoms with Gasteiger partial charge in [-0.3, -0.25) is 4.79 Å². The van der Waals surface area contributed by atoms with Gasteiger partial charge >= 0.3 is 0 Å². The predicted molar refractivity (Wildman–Crippen MR) is 77.7 cm³/mol. The van der Waals surface area contributed by atoms with Gasteiger partial charge in [-0.05, 0) is 26.2 Å². The zero-order valence-electron chi connectivity index (χ0n) is 11.7. The van der Waals surface area contributed by atoms with Crippen LogP contribution in [0.4, 0.5) is 0 Å². The zero-order valence-corrected chi connectivity index (χ0v) is 11.7. The summed E-state index contributed by atoms with van der Waals surface area (Å²) < 4.78 is 0. The van der Waals surface area contributed by atoms with E-state index in [1.807, 2.05) is 49.4 Å². The van der Waals surface area contributed by atoms with E-state index in [4.69, 9.17) is 0 Å². The van der Waals surface area contributed by atoms with Crippen molar-refractivity contribution in [3.63, 3.8) is 0 Å². The smallest absolute Gasteiger partial charge is 0.192 e. The number of rotatable bonds is 5. The summed E-state index contributed by atoms with van der Waals surface area (Å²) in [6.07, 6.45) is 4.92. The fourth-order valence-electron chi connectivity index (χ4n) is 2.00.